The molecule has 0 aliphatic carbocycles. The van der Waals surface area contributed by atoms with E-state index in [9.17, 15) is 0 Å². The topological polar surface area (TPSA) is 6.48 Å². The average molecular weight is 270 g/mol. The quantitative estimate of drug-likeness (QED) is 0.538. The lowest BCUT2D eigenvalue weighted by Gasteiger charge is -2.44. The normalized spacial score (nSPS) is 17.1. The Bertz CT molecular complexity index is 232. The first-order valence-electron chi connectivity index (χ1n) is 6.84. The molecule has 2 nitrogen and oxygen atoms in total. The van der Waals surface area contributed by atoms with Crippen molar-refractivity contribution in [2.75, 3.05) is 13.1 Å². The van der Waals surface area contributed by atoms with Crippen molar-refractivity contribution in [3.05, 3.63) is 0 Å². The second-order valence-electron chi connectivity index (χ2n) is 4.71. The molecule has 0 amide bonds. The molecule has 0 aromatic rings. The van der Waals surface area contributed by atoms with Crippen LogP contribution in [0.4, 0.5) is 0 Å². The van der Waals surface area contributed by atoms with E-state index in [0.717, 1.165) is 18.2 Å². The standard InChI is InChI=1S/C11H24B2N2S2/c1-5-7-9-14-11(16)15(10-8-6-2)13(4)17-12(14)3/h5-10H2,1-4H3. The van der Waals surface area contributed by atoms with E-state index in [0.29, 0.717) is 12.3 Å². The van der Waals surface area contributed by atoms with Crippen LogP contribution in [0.1, 0.15) is 39.5 Å². The Labute approximate surface area is 117 Å². The van der Waals surface area contributed by atoms with E-state index in [1.165, 1.54) is 25.7 Å². The predicted octanol–water partition coefficient (Wildman–Crippen LogP) is 3.46. The number of unbranched alkanes of at least 4 members (excludes halogenated alkanes) is 2. The first-order chi connectivity index (χ1) is 8.11. The number of hydrogen-bond acceptors (Lipinski definition) is 2. The zero-order chi connectivity index (χ0) is 12.8. The first kappa shape index (κ1) is 15.2. The lowest BCUT2D eigenvalue weighted by molar-refractivity contribution is 0.502. The molecule has 1 saturated heterocycles. The third kappa shape index (κ3) is 4.09. The van der Waals surface area contributed by atoms with E-state index in [-0.39, 0.29) is 0 Å². The molecule has 96 valence electrons. The second kappa shape index (κ2) is 7.57. The summed E-state index contributed by atoms with van der Waals surface area (Å²) in [7, 11) is 0. The molecule has 0 N–H and O–H groups in total. The molecule has 1 aliphatic rings. The third-order valence-corrected chi connectivity index (χ3v) is 5.03. The van der Waals surface area contributed by atoms with Crippen LogP contribution in [-0.4, -0.2) is 40.1 Å². The highest BCUT2D eigenvalue weighted by atomic mass is 32.2. The molecule has 0 bridgehead atoms. The van der Waals surface area contributed by atoms with Gasteiger partial charge in [0, 0.05) is 13.1 Å². The minimum Gasteiger partial charge on any atom is -0.384 e. The predicted molar refractivity (Wildman–Crippen MR) is 86.7 cm³/mol. The summed E-state index contributed by atoms with van der Waals surface area (Å²) in [5, 5.41) is 1.07. The Morgan fingerprint density at radius 1 is 1.00 bits per heavy atom. The summed E-state index contributed by atoms with van der Waals surface area (Å²) in [6.07, 6.45) is 6.01. The van der Waals surface area contributed by atoms with Crippen LogP contribution in [0.5, 0.6) is 0 Å². The summed E-state index contributed by atoms with van der Waals surface area (Å²) in [4.78, 5) is 4.80. The van der Waals surface area contributed by atoms with Gasteiger partial charge in [0.05, 0.1) is 0 Å². The monoisotopic (exact) mass is 270 g/mol. The van der Waals surface area contributed by atoms with E-state index >= 15 is 0 Å². The Balaban J connectivity index is 2.62. The minimum absolute atomic E-state index is 0.530. The Morgan fingerprint density at radius 2 is 1.41 bits per heavy atom. The van der Waals surface area contributed by atoms with Gasteiger partial charge in [0.25, 0.3) is 0 Å². The highest BCUT2D eigenvalue weighted by Gasteiger charge is 2.36. The van der Waals surface area contributed by atoms with Gasteiger partial charge in [0.1, 0.15) is 5.11 Å². The summed E-state index contributed by atoms with van der Waals surface area (Å²) in [5.41, 5.74) is 0. The maximum atomic E-state index is 5.67. The van der Waals surface area contributed by atoms with Crippen molar-refractivity contribution in [2.24, 2.45) is 0 Å². The zero-order valence-corrected chi connectivity index (χ0v) is 13.2. The second-order valence-corrected chi connectivity index (χ2v) is 6.71. The molecule has 17 heavy (non-hydrogen) atoms. The smallest absolute Gasteiger partial charge is 0.312 e. The highest BCUT2D eigenvalue weighted by molar-refractivity contribution is 8.45. The molecular weight excluding hydrogens is 246 g/mol. The van der Waals surface area contributed by atoms with Crippen molar-refractivity contribution in [1.82, 2.24) is 9.62 Å². The van der Waals surface area contributed by atoms with Gasteiger partial charge in [-0.25, -0.2) is 11.5 Å². The van der Waals surface area contributed by atoms with Crippen molar-refractivity contribution in [2.45, 2.75) is 53.2 Å². The van der Waals surface area contributed by atoms with Crippen LogP contribution < -0.4 is 0 Å². The SMILES string of the molecule is CCCCN1B(C)SB(C)N(CCCC)C1=S. The van der Waals surface area contributed by atoms with Crippen LogP contribution >= 0.6 is 23.7 Å². The summed E-state index contributed by atoms with van der Waals surface area (Å²) in [6, 6.07) is 0. The van der Waals surface area contributed by atoms with Gasteiger partial charge in [0.15, 0.2) is 0 Å². The molecule has 1 aliphatic heterocycles. The molecule has 0 saturated carbocycles. The molecule has 1 rings (SSSR count). The van der Waals surface area contributed by atoms with Gasteiger partial charge in [-0.1, -0.05) is 40.3 Å². The summed E-state index contributed by atoms with van der Waals surface area (Å²) in [6.45, 7) is 11.3. The minimum atomic E-state index is 0.530. The average Bonchev–Trinajstić information content (AvgIpc) is 2.28. The number of nitrogens with zero attached hydrogens (tertiary/aromatic N) is 2. The van der Waals surface area contributed by atoms with Crippen LogP contribution in [0.15, 0.2) is 0 Å². The molecule has 0 atom stereocenters. The van der Waals surface area contributed by atoms with E-state index in [4.69, 9.17) is 12.2 Å². The van der Waals surface area contributed by atoms with Crippen LogP contribution in [0, 0.1) is 0 Å². The maximum Gasteiger partial charge on any atom is 0.312 e. The van der Waals surface area contributed by atoms with Crippen LogP contribution in [0.2, 0.25) is 13.6 Å². The molecular formula is C11H24B2N2S2. The molecule has 1 fully saturated rings. The van der Waals surface area contributed by atoms with Gasteiger partial charge >= 0.3 is 12.3 Å². The Morgan fingerprint density at radius 3 is 1.76 bits per heavy atom. The van der Waals surface area contributed by atoms with Gasteiger partial charge in [0.2, 0.25) is 0 Å². The fraction of sp³-hybridized carbons (Fsp3) is 0.909. The zero-order valence-electron chi connectivity index (χ0n) is 11.6. The summed E-state index contributed by atoms with van der Waals surface area (Å²) < 4.78 is 0. The van der Waals surface area contributed by atoms with Crippen molar-refractivity contribution in [1.29, 1.82) is 0 Å². The van der Waals surface area contributed by atoms with Gasteiger partial charge in [-0.2, -0.15) is 0 Å². The fourth-order valence-electron chi connectivity index (χ4n) is 2.12. The molecule has 0 radical (unpaired) electrons. The molecule has 1 heterocycles. The van der Waals surface area contributed by atoms with Gasteiger partial charge in [-0.05, 0) is 25.1 Å². The van der Waals surface area contributed by atoms with E-state index in [1.54, 1.807) is 0 Å². The molecule has 0 aromatic heterocycles. The van der Waals surface area contributed by atoms with Crippen molar-refractivity contribution in [3.8, 4) is 0 Å². The Kier molecular flexibility index (Phi) is 6.78. The highest BCUT2D eigenvalue weighted by Crippen LogP contribution is 2.26. The number of hydrogen-bond donors (Lipinski definition) is 0. The Hall–Kier alpha value is 0.170. The number of rotatable bonds is 6. The summed E-state index contributed by atoms with van der Waals surface area (Å²) >= 11 is 7.69. The van der Waals surface area contributed by atoms with Crippen LogP contribution in [-0.2, 0) is 0 Å². The first-order valence-corrected chi connectivity index (χ1v) is 8.19. The van der Waals surface area contributed by atoms with Crippen molar-refractivity contribution in [3.63, 3.8) is 0 Å². The van der Waals surface area contributed by atoms with E-state index in [2.05, 4.69) is 37.1 Å². The molecule has 0 aromatic carbocycles. The largest absolute Gasteiger partial charge is 0.384 e. The maximum absolute atomic E-state index is 5.67. The van der Waals surface area contributed by atoms with Crippen LogP contribution in [0.25, 0.3) is 0 Å². The van der Waals surface area contributed by atoms with E-state index in [1.807, 2.05) is 11.5 Å². The summed E-state index contributed by atoms with van der Waals surface area (Å²) in [5.74, 6) is 0. The molecule has 6 heteroatoms. The van der Waals surface area contributed by atoms with Crippen LogP contribution in [0.3, 0.4) is 0 Å². The van der Waals surface area contributed by atoms with E-state index < -0.39 is 0 Å². The molecule has 0 unspecified atom stereocenters. The molecule has 0 spiro atoms. The van der Waals surface area contributed by atoms with Crippen molar-refractivity contribution < 1.29 is 0 Å². The van der Waals surface area contributed by atoms with Crippen molar-refractivity contribution >= 4 is 41.0 Å². The van der Waals surface area contributed by atoms with Gasteiger partial charge in [-0.15, -0.1) is 0 Å². The lowest BCUT2D eigenvalue weighted by atomic mass is 9.86. The van der Waals surface area contributed by atoms with Gasteiger partial charge < -0.3 is 9.62 Å². The number of thiocarbonyl (C=S) groups is 1. The fourth-order valence-corrected chi connectivity index (χ4v) is 4.03. The van der Waals surface area contributed by atoms with Gasteiger partial charge in [-0.3, -0.25) is 0 Å². The third-order valence-electron chi connectivity index (χ3n) is 3.27. The lowest BCUT2D eigenvalue weighted by Crippen LogP contribution is -2.58.